The first kappa shape index (κ1) is 33.3. The van der Waals surface area contributed by atoms with Crippen LogP contribution in [0.5, 0.6) is 0 Å². The van der Waals surface area contributed by atoms with E-state index in [0.717, 1.165) is 31.4 Å². The number of benzene rings is 4. The van der Waals surface area contributed by atoms with E-state index in [1.54, 1.807) is 25.4 Å². The molecule has 0 N–H and O–H groups in total. The Morgan fingerprint density at radius 3 is 1.50 bits per heavy atom. The average molecular weight is 781 g/mol. The molecule has 0 saturated heterocycles. The van der Waals surface area contributed by atoms with Gasteiger partial charge in [-0.2, -0.15) is 0 Å². The molecule has 0 fully saturated rings. The standard InChI is InChI=1S/C18H14BrClN2O2.C17H12BrClN2O/c1-2-24-18(23)16-11-22(13-9-7-12(19)8-10-13)17(21-16)14-5-3-4-6-15(14)20;1-11(22)16-10-21(13-8-6-12(18)7-9-13)17(20-16)14-4-2-3-5-15(14)19/h3-11H,2H2,1H3;2-10H,1H3. The molecular weight excluding hydrogens is 755 g/mol. The number of rotatable bonds is 7. The van der Waals surface area contributed by atoms with Gasteiger partial charge in [0.1, 0.15) is 17.3 Å². The first-order chi connectivity index (χ1) is 22.2. The molecule has 0 saturated carbocycles. The van der Waals surface area contributed by atoms with Gasteiger partial charge in [0.05, 0.1) is 16.7 Å². The maximum atomic E-state index is 12.1. The van der Waals surface area contributed by atoms with E-state index in [4.69, 9.17) is 27.9 Å². The Hall–Kier alpha value is -4.02. The number of Topliss-reactive ketones (excluding diaryl/α,β-unsaturated/α-hetero) is 1. The maximum absolute atomic E-state index is 12.1. The van der Waals surface area contributed by atoms with E-state index >= 15 is 0 Å². The largest absolute Gasteiger partial charge is 0.461 e. The highest BCUT2D eigenvalue weighted by Gasteiger charge is 2.19. The van der Waals surface area contributed by atoms with Crippen LogP contribution >= 0.6 is 55.1 Å². The lowest BCUT2D eigenvalue weighted by atomic mass is 10.2. The maximum Gasteiger partial charge on any atom is 0.358 e. The zero-order valence-corrected chi connectivity index (χ0v) is 29.3. The van der Waals surface area contributed by atoms with Crippen LogP contribution in [-0.4, -0.2) is 37.5 Å². The van der Waals surface area contributed by atoms with E-state index in [0.29, 0.717) is 34.0 Å². The van der Waals surface area contributed by atoms with Crippen LogP contribution in [0.25, 0.3) is 34.2 Å². The van der Waals surface area contributed by atoms with Crippen LogP contribution in [0.1, 0.15) is 34.8 Å². The summed E-state index contributed by atoms with van der Waals surface area (Å²) in [4.78, 5) is 32.7. The fourth-order valence-electron chi connectivity index (χ4n) is 4.50. The van der Waals surface area contributed by atoms with E-state index in [2.05, 4.69) is 41.8 Å². The van der Waals surface area contributed by atoms with Crippen molar-refractivity contribution in [1.82, 2.24) is 19.1 Å². The monoisotopic (exact) mass is 778 g/mol. The van der Waals surface area contributed by atoms with E-state index in [9.17, 15) is 9.59 Å². The Morgan fingerprint density at radius 2 is 1.09 bits per heavy atom. The predicted molar refractivity (Wildman–Crippen MR) is 189 cm³/mol. The summed E-state index contributed by atoms with van der Waals surface area (Å²) >= 11 is 19.4. The SMILES string of the molecule is CC(=O)c1cn(-c2ccc(Br)cc2)c(-c2ccccc2Cl)n1.CCOC(=O)c1cn(-c2ccc(Br)cc2)c(-c2ccccc2Cl)n1. The second kappa shape index (κ2) is 15.0. The zero-order chi connectivity index (χ0) is 32.8. The van der Waals surface area contributed by atoms with Crippen molar-refractivity contribution in [2.75, 3.05) is 6.61 Å². The average Bonchev–Trinajstić information content (AvgIpc) is 3.69. The quantitative estimate of drug-likeness (QED) is 0.119. The number of nitrogens with zero attached hydrogens (tertiary/aromatic N) is 4. The molecule has 0 bridgehead atoms. The van der Waals surface area contributed by atoms with Crippen molar-refractivity contribution in [3.05, 3.63) is 140 Å². The Labute approximate surface area is 293 Å². The third-order valence-corrected chi connectivity index (χ3v) is 8.41. The number of imidazole rings is 2. The molecule has 7 nitrogen and oxygen atoms in total. The highest BCUT2D eigenvalue weighted by molar-refractivity contribution is 9.10. The third-order valence-electron chi connectivity index (χ3n) is 6.70. The summed E-state index contributed by atoms with van der Waals surface area (Å²) < 4.78 is 10.7. The van der Waals surface area contributed by atoms with Gasteiger partial charge in [-0.1, -0.05) is 79.3 Å². The fourth-order valence-corrected chi connectivity index (χ4v) is 5.46. The molecular formula is C35H26Br2Cl2N4O3. The van der Waals surface area contributed by atoms with Crippen LogP contribution < -0.4 is 0 Å². The lowest BCUT2D eigenvalue weighted by molar-refractivity contribution is 0.0520. The molecule has 0 unspecified atom stereocenters. The second-order valence-corrected chi connectivity index (χ2v) is 12.5. The summed E-state index contributed by atoms with van der Waals surface area (Å²) in [6.07, 6.45) is 3.41. The van der Waals surface area contributed by atoms with Gasteiger partial charge in [0.15, 0.2) is 11.5 Å². The number of halogens is 4. The molecule has 0 radical (unpaired) electrons. The molecule has 0 spiro atoms. The van der Waals surface area contributed by atoms with Crippen molar-refractivity contribution < 1.29 is 14.3 Å². The van der Waals surface area contributed by atoms with Gasteiger partial charge >= 0.3 is 5.97 Å². The van der Waals surface area contributed by atoms with E-state index in [-0.39, 0.29) is 11.5 Å². The minimum atomic E-state index is -0.457. The molecule has 6 aromatic rings. The Balaban J connectivity index is 0.000000182. The van der Waals surface area contributed by atoms with E-state index < -0.39 is 5.97 Å². The Kier molecular flexibility index (Phi) is 10.9. The first-order valence-corrected chi connectivity index (χ1v) is 16.4. The molecule has 2 aromatic heterocycles. The van der Waals surface area contributed by atoms with E-state index in [1.807, 2.05) is 100 Å². The summed E-state index contributed by atoms with van der Waals surface area (Å²) in [5.41, 5.74) is 3.99. The Bertz CT molecular complexity index is 2010. The number of esters is 1. The van der Waals surface area contributed by atoms with Crippen molar-refractivity contribution in [3.8, 4) is 34.2 Å². The minimum Gasteiger partial charge on any atom is -0.461 e. The number of aromatic nitrogens is 4. The second-order valence-electron chi connectivity index (χ2n) is 9.83. The summed E-state index contributed by atoms with van der Waals surface area (Å²) in [5.74, 6) is 0.704. The van der Waals surface area contributed by atoms with Crippen molar-refractivity contribution in [3.63, 3.8) is 0 Å². The molecule has 0 aliphatic heterocycles. The number of carbonyl (C=O) groups is 2. The molecule has 0 atom stereocenters. The minimum absolute atomic E-state index is 0.0795. The molecule has 46 heavy (non-hydrogen) atoms. The first-order valence-electron chi connectivity index (χ1n) is 14.0. The Morgan fingerprint density at radius 1 is 0.674 bits per heavy atom. The van der Waals surface area contributed by atoms with Crippen LogP contribution in [-0.2, 0) is 4.74 Å². The summed E-state index contributed by atoms with van der Waals surface area (Å²) in [5, 5.41) is 1.17. The molecule has 4 aromatic carbocycles. The topological polar surface area (TPSA) is 79.0 Å². The normalized spacial score (nSPS) is 10.7. The molecule has 0 amide bonds. The smallest absolute Gasteiger partial charge is 0.358 e. The van der Waals surface area contributed by atoms with Gasteiger partial charge in [0, 0.05) is 50.8 Å². The third kappa shape index (κ3) is 7.67. The van der Waals surface area contributed by atoms with Crippen LogP contribution in [0.2, 0.25) is 10.0 Å². The number of carbonyl (C=O) groups excluding carboxylic acids is 2. The number of ether oxygens (including phenoxy) is 1. The predicted octanol–water partition coefficient (Wildman–Crippen LogP) is 10.3. The molecule has 11 heteroatoms. The van der Waals surface area contributed by atoms with E-state index in [1.165, 1.54) is 6.92 Å². The number of ketones is 1. The van der Waals surface area contributed by atoms with Gasteiger partial charge in [-0.25, -0.2) is 14.8 Å². The van der Waals surface area contributed by atoms with Gasteiger partial charge in [-0.15, -0.1) is 0 Å². The fraction of sp³-hybridized carbons (Fsp3) is 0.0857. The highest BCUT2D eigenvalue weighted by atomic mass is 79.9. The molecule has 232 valence electrons. The van der Waals surface area contributed by atoms with Gasteiger partial charge in [0.25, 0.3) is 0 Å². The number of hydrogen-bond acceptors (Lipinski definition) is 5. The lowest BCUT2D eigenvalue weighted by Crippen LogP contribution is -2.04. The molecule has 6 rings (SSSR count). The molecule has 0 aliphatic rings. The van der Waals surface area contributed by atoms with Crippen molar-refractivity contribution >= 4 is 66.8 Å². The van der Waals surface area contributed by atoms with Gasteiger partial charge < -0.3 is 4.74 Å². The molecule has 2 heterocycles. The van der Waals surface area contributed by atoms with Crippen LogP contribution in [0.15, 0.2) is 118 Å². The van der Waals surface area contributed by atoms with Gasteiger partial charge in [-0.05, 0) is 79.7 Å². The van der Waals surface area contributed by atoms with Crippen molar-refractivity contribution in [1.29, 1.82) is 0 Å². The van der Waals surface area contributed by atoms with Crippen molar-refractivity contribution in [2.24, 2.45) is 0 Å². The summed E-state index contributed by atoms with van der Waals surface area (Å²) in [6.45, 7) is 3.56. The van der Waals surface area contributed by atoms with Crippen LogP contribution in [0, 0.1) is 0 Å². The number of hydrogen-bond donors (Lipinski definition) is 0. The summed E-state index contributed by atoms with van der Waals surface area (Å²) in [7, 11) is 0. The molecule has 0 aliphatic carbocycles. The summed E-state index contributed by atoms with van der Waals surface area (Å²) in [6, 6.07) is 30.4. The highest BCUT2D eigenvalue weighted by Crippen LogP contribution is 2.31. The van der Waals surface area contributed by atoms with Crippen molar-refractivity contribution in [2.45, 2.75) is 13.8 Å². The lowest BCUT2D eigenvalue weighted by Gasteiger charge is -2.09. The zero-order valence-electron chi connectivity index (χ0n) is 24.6. The van der Waals surface area contributed by atoms with Crippen LogP contribution in [0.3, 0.4) is 0 Å². The van der Waals surface area contributed by atoms with Gasteiger partial charge in [0.2, 0.25) is 0 Å². The van der Waals surface area contributed by atoms with Crippen LogP contribution in [0.4, 0.5) is 0 Å². The van der Waals surface area contributed by atoms with Gasteiger partial charge in [-0.3, -0.25) is 13.9 Å².